The quantitative estimate of drug-likeness (QED) is 0.483. The van der Waals surface area contributed by atoms with Crippen LogP contribution in [0.5, 0.6) is 0 Å². The van der Waals surface area contributed by atoms with Crippen molar-refractivity contribution in [2.24, 2.45) is 0 Å². The van der Waals surface area contributed by atoms with Crippen LogP contribution in [0.25, 0.3) is 28.0 Å². The maximum Gasteiger partial charge on any atom is 0.353 e. The van der Waals surface area contributed by atoms with Crippen molar-refractivity contribution in [3.05, 3.63) is 64.3 Å². The first kappa shape index (κ1) is 21.3. The average Bonchev–Trinajstić information content (AvgIpc) is 3.15. The Morgan fingerprint density at radius 1 is 1.15 bits per heavy atom. The van der Waals surface area contributed by atoms with Crippen molar-refractivity contribution in [1.82, 2.24) is 24.1 Å². The van der Waals surface area contributed by atoms with E-state index in [0.717, 1.165) is 36.1 Å². The molecule has 3 N–H and O–H groups in total. The Labute approximate surface area is 190 Å². The van der Waals surface area contributed by atoms with Crippen LogP contribution in [-0.2, 0) is 17.9 Å². The molecule has 9 nitrogen and oxygen atoms in total. The first-order valence-corrected chi connectivity index (χ1v) is 11.1. The molecule has 0 spiro atoms. The van der Waals surface area contributed by atoms with Crippen molar-refractivity contribution in [2.45, 2.75) is 45.4 Å². The van der Waals surface area contributed by atoms with Crippen LogP contribution in [-0.4, -0.2) is 42.0 Å². The standard InChI is InChI=1S/C24H26N6O3/c1-15-11-17(12-18(14-31)26-15)20-21(16-7-3-2-4-8-16)27-23(25)30-22(20)28-29(24(30)32)13-19-9-5-6-10-33-19/h2-4,7-8,11-12,19,31H,5-6,9-10,13-14H2,1H3,(H2,25,27). The monoisotopic (exact) mass is 446 g/mol. The van der Waals surface area contributed by atoms with Gasteiger partial charge in [-0.3, -0.25) is 4.98 Å². The molecule has 0 bridgehead atoms. The Kier molecular flexibility index (Phi) is 5.65. The number of fused-ring (bicyclic) bond motifs is 1. The van der Waals surface area contributed by atoms with E-state index < -0.39 is 0 Å². The number of benzene rings is 1. The minimum atomic E-state index is -0.349. The molecule has 0 saturated carbocycles. The molecule has 3 aromatic heterocycles. The van der Waals surface area contributed by atoms with Crippen LogP contribution in [0.2, 0.25) is 0 Å². The minimum absolute atomic E-state index is 0.0586. The van der Waals surface area contributed by atoms with Gasteiger partial charge < -0.3 is 15.6 Å². The maximum atomic E-state index is 13.3. The largest absolute Gasteiger partial charge is 0.390 e. The fourth-order valence-electron chi connectivity index (χ4n) is 4.40. The van der Waals surface area contributed by atoms with Crippen molar-refractivity contribution in [1.29, 1.82) is 0 Å². The lowest BCUT2D eigenvalue weighted by atomic mass is 9.99. The van der Waals surface area contributed by atoms with Crippen LogP contribution >= 0.6 is 0 Å². The van der Waals surface area contributed by atoms with Crippen molar-refractivity contribution < 1.29 is 9.84 Å². The van der Waals surface area contributed by atoms with Gasteiger partial charge in [0.1, 0.15) is 0 Å². The summed E-state index contributed by atoms with van der Waals surface area (Å²) in [6.45, 7) is 2.71. The van der Waals surface area contributed by atoms with Crippen molar-refractivity contribution in [2.75, 3.05) is 12.3 Å². The number of anilines is 1. The number of nitrogens with two attached hydrogens (primary N) is 1. The zero-order valence-corrected chi connectivity index (χ0v) is 18.4. The summed E-state index contributed by atoms with van der Waals surface area (Å²) in [5.74, 6) is 0.0709. The normalized spacial score (nSPS) is 16.4. The smallest absolute Gasteiger partial charge is 0.353 e. The molecule has 1 fully saturated rings. The molecule has 0 radical (unpaired) electrons. The Hall–Kier alpha value is -3.56. The SMILES string of the molecule is Cc1cc(-c2c(-c3ccccc3)nc(N)n3c(=O)n(CC4CCCCO4)nc23)cc(CO)n1. The van der Waals surface area contributed by atoms with Crippen LogP contribution in [0, 0.1) is 6.92 Å². The first-order valence-electron chi connectivity index (χ1n) is 11.1. The molecule has 9 heteroatoms. The molecule has 1 aliphatic heterocycles. The van der Waals surface area contributed by atoms with Gasteiger partial charge in [0.05, 0.1) is 36.2 Å². The van der Waals surface area contributed by atoms with E-state index >= 15 is 0 Å². The molecule has 5 rings (SSSR count). The van der Waals surface area contributed by atoms with E-state index in [-0.39, 0.29) is 24.3 Å². The number of aromatic nitrogens is 5. The lowest BCUT2D eigenvalue weighted by Gasteiger charge is -2.21. The third-order valence-electron chi connectivity index (χ3n) is 5.91. The van der Waals surface area contributed by atoms with E-state index in [0.29, 0.717) is 35.8 Å². The van der Waals surface area contributed by atoms with Gasteiger partial charge in [-0.2, -0.15) is 0 Å². The van der Waals surface area contributed by atoms with Crippen LogP contribution < -0.4 is 11.4 Å². The fourth-order valence-corrected chi connectivity index (χ4v) is 4.40. The Morgan fingerprint density at radius 2 is 1.97 bits per heavy atom. The van der Waals surface area contributed by atoms with E-state index in [2.05, 4.69) is 9.97 Å². The summed E-state index contributed by atoms with van der Waals surface area (Å²) < 4.78 is 8.59. The Balaban J connectivity index is 1.77. The maximum absolute atomic E-state index is 13.3. The molecule has 4 heterocycles. The molecule has 1 aromatic carbocycles. The summed E-state index contributed by atoms with van der Waals surface area (Å²) in [5, 5.41) is 14.4. The van der Waals surface area contributed by atoms with E-state index in [1.54, 1.807) is 6.07 Å². The molecule has 0 amide bonds. The van der Waals surface area contributed by atoms with Gasteiger partial charge in [0, 0.05) is 17.9 Å². The summed E-state index contributed by atoms with van der Waals surface area (Å²) in [7, 11) is 0. The fraction of sp³-hybridized carbons (Fsp3) is 0.333. The van der Waals surface area contributed by atoms with E-state index in [9.17, 15) is 9.90 Å². The van der Waals surface area contributed by atoms with Gasteiger partial charge in [-0.1, -0.05) is 30.3 Å². The number of rotatable bonds is 5. The number of ether oxygens (including phenoxy) is 1. The molecule has 1 unspecified atom stereocenters. The lowest BCUT2D eigenvalue weighted by Crippen LogP contribution is -2.31. The van der Waals surface area contributed by atoms with Gasteiger partial charge in [0.15, 0.2) is 5.65 Å². The molecular formula is C24H26N6O3. The number of nitrogen functional groups attached to an aromatic ring is 1. The summed E-state index contributed by atoms with van der Waals surface area (Å²) in [6, 6.07) is 13.3. The predicted octanol–water partition coefficient (Wildman–Crippen LogP) is 2.57. The minimum Gasteiger partial charge on any atom is -0.390 e. The summed E-state index contributed by atoms with van der Waals surface area (Å²) >= 11 is 0. The highest BCUT2D eigenvalue weighted by molar-refractivity contribution is 5.90. The zero-order valence-electron chi connectivity index (χ0n) is 18.4. The van der Waals surface area contributed by atoms with E-state index in [4.69, 9.17) is 15.6 Å². The van der Waals surface area contributed by atoms with Crippen LogP contribution in [0.1, 0.15) is 30.7 Å². The lowest BCUT2D eigenvalue weighted by molar-refractivity contribution is 0.00341. The molecule has 0 aliphatic carbocycles. The van der Waals surface area contributed by atoms with Gasteiger partial charge in [0.25, 0.3) is 0 Å². The van der Waals surface area contributed by atoms with E-state index in [1.165, 1.54) is 9.08 Å². The van der Waals surface area contributed by atoms with Crippen LogP contribution in [0.3, 0.4) is 0 Å². The predicted molar refractivity (Wildman–Crippen MR) is 125 cm³/mol. The highest BCUT2D eigenvalue weighted by Gasteiger charge is 2.24. The molecule has 170 valence electrons. The second-order valence-electron chi connectivity index (χ2n) is 8.32. The number of hydrogen-bond acceptors (Lipinski definition) is 7. The number of hydrogen-bond donors (Lipinski definition) is 2. The highest BCUT2D eigenvalue weighted by Crippen LogP contribution is 2.35. The summed E-state index contributed by atoms with van der Waals surface area (Å²) in [5.41, 5.74) is 10.5. The van der Waals surface area contributed by atoms with Gasteiger partial charge in [-0.25, -0.2) is 18.9 Å². The highest BCUT2D eigenvalue weighted by atomic mass is 16.5. The van der Waals surface area contributed by atoms with Crippen molar-refractivity contribution in [3.8, 4) is 22.4 Å². The second-order valence-corrected chi connectivity index (χ2v) is 8.32. The second kappa shape index (κ2) is 8.76. The number of nitrogens with zero attached hydrogens (tertiary/aromatic N) is 5. The molecular weight excluding hydrogens is 420 g/mol. The average molecular weight is 447 g/mol. The number of aryl methyl sites for hydroxylation is 1. The van der Waals surface area contributed by atoms with Crippen molar-refractivity contribution in [3.63, 3.8) is 0 Å². The van der Waals surface area contributed by atoms with Gasteiger partial charge >= 0.3 is 5.69 Å². The number of aliphatic hydroxyl groups excluding tert-OH is 1. The Bertz CT molecular complexity index is 1360. The first-order chi connectivity index (χ1) is 16.0. The molecule has 1 atom stereocenters. The van der Waals surface area contributed by atoms with Gasteiger partial charge in [-0.15, -0.1) is 5.10 Å². The topological polar surface area (TPSA) is 121 Å². The van der Waals surface area contributed by atoms with Crippen LogP contribution in [0.15, 0.2) is 47.3 Å². The zero-order chi connectivity index (χ0) is 22.9. The van der Waals surface area contributed by atoms with Gasteiger partial charge in [0.2, 0.25) is 5.95 Å². The third kappa shape index (κ3) is 4.01. The molecule has 1 aliphatic rings. The molecule has 33 heavy (non-hydrogen) atoms. The van der Waals surface area contributed by atoms with Gasteiger partial charge in [-0.05, 0) is 43.9 Å². The molecule has 1 saturated heterocycles. The summed E-state index contributed by atoms with van der Waals surface area (Å²) in [6.07, 6.45) is 2.93. The van der Waals surface area contributed by atoms with E-state index in [1.807, 2.05) is 43.3 Å². The summed E-state index contributed by atoms with van der Waals surface area (Å²) in [4.78, 5) is 22.3. The number of pyridine rings is 1. The number of aliphatic hydroxyl groups is 1. The molecule has 4 aromatic rings. The van der Waals surface area contributed by atoms with Crippen molar-refractivity contribution >= 4 is 11.6 Å². The third-order valence-corrected chi connectivity index (χ3v) is 5.91. The van der Waals surface area contributed by atoms with Crippen LogP contribution in [0.4, 0.5) is 5.95 Å². The Morgan fingerprint density at radius 3 is 2.70 bits per heavy atom.